The molecule has 3 N–H and O–H groups in total. The lowest BCUT2D eigenvalue weighted by Gasteiger charge is -2.18. The summed E-state index contributed by atoms with van der Waals surface area (Å²) in [5.41, 5.74) is 1.07. The summed E-state index contributed by atoms with van der Waals surface area (Å²) in [7, 11) is 1.92. The predicted molar refractivity (Wildman–Crippen MR) is 87.4 cm³/mol. The third-order valence-electron chi connectivity index (χ3n) is 4.17. The Morgan fingerprint density at radius 1 is 1.33 bits per heavy atom. The normalized spacial score (nSPS) is 14.9. The summed E-state index contributed by atoms with van der Waals surface area (Å²) in [6.45, 7) is 0.337. The van der Waals surface area contributed by atoms with E-state index >= 15 is 0 Å². The lowest BCUT2D eigenvalue weighted by atomic mass is 10.1. The Balaban J connectivity index is 1.56. The lowest BCUT2D eigenvalue weighted by Crippen LogP contribution is -2.39. The summed E-state index contributed by atoms with van der Waals surface area (Å²) in [6.07, 6.45) is 5.78. The highest BCUT2D eigenvalue weighted by molar-refractivity contribution is 5.87. The zero-order valence-electron chi connectivity index (χ0n) is 13.4. The number of carbonyl (C=O) groups is 2. The van der Waals surface area contributed by atoms with Gasteiger partial charge in [-0.25, -0.2) is 14.6 Å². The first-order chi connectivity index (χ1) is 11.5. The van der Waals surface area contributed by atoms with Gasteiger partial charge in [0.1, 0.15) is 5.82 Å². The van der Waals surface area contributed by atoms with Crippen LogP contribution in [0.2, 0.25) is 0 Å². The molecule has 2 aromatic rings. The first-order valence-electron chi connectivity index (χ1n) is 7.88. The van der Waals surface area contributed by atoms with Crippen molar-refractivity contribution in [2.45, 2.75) is 25.4 Å². The third-order valence-corrected chi connectivity index (χ3v) is 4.17. The predicted octanol–water partition coefficient (Wildman–Crippen LogP) is 2.07. The van der Waals surface area contributed by atoms with Crippen LogP contribution in [0.15, 0.2) is 36.7 Å². The number of amides is 2. The molecule has 7 nitrogen and oxygen atoms in total. The molecule has 0 spiro atoms. The number of hydrogen-bond donors (Lipinski definition) is 3. The highest BCUT2D eigenvalue weighted by Gasteiger charge is 2.35. The number of carbonyl (C=O) groups excluding carboxylic acids is 1. The van der Waals surface area contributed by atoms with E-state index in [1.165, 1.54) is 12.1 Å². The molecule has 7 heteroatoms. The van der Waals surface area contributed by atoms with Gasteiger partial charge in [0.15, 0.2) is 0 Å². The zero-order chi connectivity index (χ0) is 17.1. The highest BCUT2D eigenvalue weighted by Crippen LogP contribution is 2.40. The molecule has 2 amide bonds. The summed E-state index contributed by atoms with van der Waals surface area (Å²) < 4.78 is 1.92. The molecular weight excluding hydrogens is 308 g/mol. The van der Waals surface area contributed by atoms with Crippen molar-refractivity contribution in [2.24, 2.45) is 13.0 Å². The van der Waals surface area contributed by atoms with Gasteiger partial charge >= 0.3 is 12.0 Å². The van der Waals surface area contributed by atoms with Crippen molar-refractivity contribution in [1.29, 1.82) is 0 Å². The van der Waals surface area contributed by atoms with E-state index in [0.717, 1.165) is 24.2 Å². The Bertz CT molecular complexity index is 735. The summed E-state index contributed by atoms with van der Waals surface area (Å²) in [4.78, 5) is 27.3. The van der Waals surface area contributed by atoms with Crippen LogP contribution in [0, 0.1) is 5.92 Å². The highest BCUT2D eigenvalue weighted by atomic mass is 16.4. The molecule has 126 valence electrons. The number of imidazole rings is 1. The Kier molecular flexibility index (Phi) is 4.50. The number of aryl methyl sites for hydroxylation is 1. The molecule has 24 heavy (non-hydrogen) atoms. The number of carboxylic acids is 1. The van der Waals surface area contributed by atoms with Crippen LogP contribution in [0.3, 0.4) is 0 Å². The van der Waals surface area contributed by atoms with E-state index in [4.69, 9.17) is 5.11 Å². The second-order valence-corrected chi connectivity index (χ2v) is 6.04. The smallest absolute Gasteiger partial charge is 0.335 e. The molecule has 1 aromatic carbocycles. The minimum absolute atomic E-state index is 0.0839. The van der Waals surface area contributed by atoms with E-state index in [1.54, 1.807) is 18.3 Å². The van der Waals surface area contributed by atoms with Crippen molar-refractivity contribution in [3.05, 3.63) is 53.6 Å². The van der Waals surface area contributed by atoms with Gasteiger partial charge in [-0.05, 0) is 36.5 Å². The maximum atomic E-state index is 12.2. The fourth-order valence-corrected chi connectivity index (χ4v) is 2.64. The molecule has 1 aliphatic rings. The van der Waals surface area contributed by atoms with Crippen molar-refractivity contribution in [1.82, 2.24) is 20.2 Å². The maximum absolute atomic E-state index is 12.2. The van der Waals surface area contributed by atoms with Gasteiger partial charge in [0.05, 0.1) is 11.6 Å². The third kappa shape index (κ3) is 3.73. The average Bonchev–Trinajstić information content (AvgIpc) is 3.32. The van der Waals surface area contributed by atoms with Crippen LogP contribution in [0.4, 0.5) is 4.79 Å². The molecule has 1 fully saturated rings. The number of aromatic carboxylic acids is 1. The molecule has 1 unspecified atom stereocenters. The molecular formula is C17H20N4O3. The number of rotatable bonds is 6. The standard InChI is InChI=1S/C17H20N4O3/c1-21-9-8-18-15(21)14(12-6-7-12)20-17(24)19-10-11-2-4-13(5-3-11)16(22)23/h2-5,8-9,12,14H,6-7,10H2,1H3,(H,22,23)(H2,19,20,24). The van der Waals surface area contributed by atoms with Crippen LogP contribution in [-0.2, 0) is 13.6 Å². The lowest BCUT2D eigenvalue weighted by molar-refractivity contribution is 0.0697. The minimum Gasteiger partial charge on any atom is -0.478 e. The fourth-order valence-electron chi connectivity index (χ4n) is 2.64. The minimum atomic E-state index is -0.963. The first-order valence-corrected chi connectivity index (χ1v) is 7.88. The van der Waals surface area contributed by atoms with Gasteiger partial charge in [-0.2, -0.15) is 0 Å². The molecule has 0 bridgehead atoms. The van der Waals surface area contributed by atoms with Crippen molar-refractivity contribution >= 4 is 12.0 Å². The number of nitrogens with one attached hydrogen (secondary N) is 2. The zero-order valence-corrected chi connectivity index (χ0v) is 13.4. The van der Waals surface area contributed by atoms with Gasteiger partial charge in [-0.15, -0.1) is 0 Å². The second kappa shape index (κ2) is 6.74. The van der Waals surface area contributed by atoms with Crippen molar-refractivity contribution in [2.75, 3.05) is 0 Å². The van der Waals surface area contributed by atoms with E-state index in [1.807, 2.05) is 17.8 Å². The van der Waals surface area contributed by atoms with E-state index in [-0.39, 0.29) is 17.6 Å². The SMILES string of the molecule is Cn1ccnc1C(NC(=O)NCc1ccc(C(=O)O)cc1)C1CC1. The van der Waals surface area contributed by atoms with Gasteiger partial charge in [-0.1, -0.05) is 12.1 Å². The molecule has 3 rings (SSSR count). The number of nitrogens with zero attached hydrogens (tertiary/aromatic N) is 2. The van der Waals surface area contributed by atoms with Crippen LogP contribution in [0.5, 0.6) is 0 Å². The van der Waals surface area contributed by atoms with Gasteiger partial charge < -0.3 is 20.3 Å². The Labute approximate surface area is 139 Å². The number of urea groups is 1. The molecule has 1 aromatic heterocycles. The van der Waals surface area contributed by atoms with Crippen LogP contribution < -0.4 is 10.6 Å². The number of hydrogen-bond acceptors (Lipinski definition) is 3. The molecule has 1 saturated carbocycles. The van der Waals surface area contributed by atoms with Crippen LogP contribution >= 0.6 is 0 Å². The van der Waals surface area contributed by atoms with Gasteiger partial charge in [0, 0.05) is 26.0 Å². The fraction of sp³-hybridized carbons (Fsp3) is 0.353. The molecule has 1 atom stereocenters. The molecule has 0 radical (unpaired) electrons. The van der Waals surface area contributed by atoms with E-state index in [9.17, 15) is 9.59 Å². The molecule has 1 aliphatic carbocycles. The number of aromatic nitrogens is 2. The molecule has 0 aliphatic heterocycles. The van der Waals surface area contributed by atoms with Crippen molar-refractivity contribution in [3.8, 4) is 0 Å². The summed E-state index contributed by atoms with van der Waals surface area (Å²) in [6, 6.07) is 6.11. The van der Waals surface area contributed by atoms with E-state index in [2.05, 4.69) is 15.6 Å². The van der Waals surface area contributed by atoms with Crippen molar-refractivity contribution < 1.29 is 14.7 Å². The number of benzene rings is 1. The van der Waals surface area contributed by atoms with Crippen LogP contribution in [-0.4, -0.2) is 26.7 Å². The first kappa shape index (κ1) is 16.0. The topological polar surface area (TPSA) is 96.3 Å². The molecule has 0 saturated heterocycles. The van der Waals surface area contributed by atoms with E-state index in [0.29, 0.717) is 12.5 Å². The summed E-state index contributed by atoms with van der Waals surface area (Å²) in [5, 5.41) is 14.7. The Morgan fingerprint density at radius 2 is 2.04 bits per heavy atom. The monoisotopic (exact) mass is 328 g/mol. The van der Waals surface area contributed by atoms with Gasteiger partial charge in [-0.3, -0.25) is 0 Å². The second-order valence-electron chi connectivity index (χ2n) is 6.04. The van der Waals surface area contributed by atoms with Crippen molar-refractivity contribution in [3.63, 3.8) is 0 Å². The summed E-state index contributed by atoms with van der Waals surface area (Å²) in [5.74, 6) is 0.333. The average molecular weight is 328 g/mol. The van der Waals surface area contributed by atoms with Gasteiger partial charge in [0.25, 0.3) is 0 Å². The van der Waals surface area contributed by atoms with E-state index < -0.39 is 5.97 Å². The summed E-state index contributed by atoms with van der Waals surface area (Å²) >= 11 is 0. The Hall–Kier alpha value is -2.83. The van der Waals surface area contributed by atoms with Gasteiger partial charge in [0.2, 0.25) is 0 Å². The van der Waals surface area contributed by atoms with Crippen LogP contribution in [0.25, 0.3) is 0 Å². The Morgan fingerprint density at radius 3 is 2.58 bits per heavy atom. The molecule has 1 heterocycles. The largest absolute Gasteiger partial charge is 0.478 e. The maximum Gasteiger partial charge on any atom is 0.335 e. The number of carboxylic acid groups (broad SMARTS) is 1. The van der Waals surface area contributed by atoms with Crippen LogP contribution in [0.1, 0.15) is 40.6 Å². The quantitative estimate of drug-likeness (QED) is 0.756.